The molecule has 0 amide bonds. The van der Waals surface area contributed by atoms with Gasteiger partial charge in [0.05, 0.1) is 12.0 Å². The molecule has 3 heteroatoms. The highest BCUT2D eigenvalue weighted by atomic mass is 16.7. The summed E-state index contributed by atoms with van der Waals surface area (Å²) in [5.74, 6) is -0.558. The van der Waals surface area contributed by atoms with Crippen molar-refractivity contribution in [1.82, 2.24) is 0 Å². The van der Waals surface area contributed by atoms with Crippen LogP contribution in [0.15, 0.2) is 12.5 Å². The molecule has 2 rings (SSSR count). The summed E-state index contributed by atoms with van der Waals surface area (Å²) in [4.78, 5) is 0. The molecule has 0 bridgehead atoms. The smallest absolute Gasteiger partial charge is 0.257 e. The molecule has 14 heavy (non-hydrogen) atoms. The van der Waals surface area contributed by atoms with E-state index in [2.05, 4.69) is 6.92 Å². The Bertz CT molecular complexity index is 223. The van der Waals surface area contributed by atoms with Gasteiger partial charge in [-0.3, -0.25) is 0 Å². The molecule has 1 aliphatic carbocycles. The van der Waals surface area contributed by atoms with Crippen LogP contribution in [0.3, 0.4) is 0 Å². The quantitative estimate of drug-likeness (QED) is 0.735. The summed E-state index contributed by atoms with van der Waals surface area (Å²) in [6, 6.07) is 0. The van der Waals surface area contributed by atoms with Gasteiger partial charge in [-0.25, -0.2) is 0 Å². The van der Waals surface area contributed by atoms with E-state index in [0.29, 0.717) is 0 Å². The Morgan fingerprint density at radius 1 is 1.29 bits per heavy atom. The molecule has 3 nitrogen and oxygen atoms in total. The molecular weight excluding hydrogens is 180 g/mol. The third-order valence-electron chi connectivity index (χ3n) is 3.40. The molecule has 1 heterocycles. The van der Waals surface area contributed by atoms with Crippen molar-refractivity contribution in [2.45, 2.75) is 44.8 Å². The molecule has 0 radical (unpaired) electrons. The predicted molar refractivity (Wildman–Crippen MR) is 52.3 cm³/mol. The lowest BCUT2D eigenvalue weighted by Crippen LogP contribution is -2.43. The highest BCUT2D eigenvalue weighted by Crippen LogP contribution is 2.58. The Hall–Kier alpha value is -0.700. The number of aliphatic hydroxyl groups is 1. The summed E-state index contributed by atoms with van der Waals surface area (Å²) in [5, 5.41) is 9.39. The van der Waals surface area contributed by atoms with Crippen molar-refractivity contribution >= 4 is 0 Å². The van der Waals surface area contributed by atoms with Crippen molar-refractivity contribution in [2.24, 2.45) is 5.41 Å². The number of hydrogen-bond acceptors (Lipinski definition) is 3. The average Bonchev–Trinajstić information content (AvgIpc) is 2.89. The van der Waals surface area contributed by atoms with E-state index in [1.165, 1.54) is 0 Å². The van der Waals surface area contributed by atoms with Crippen LogP contribution in [-0.4, -0.2) is 17.5 Å². The van der Waals surface area contributed by atoms with E-state index in [4.69, 9.17) is 9.47 Å². The molecule has 0 saturated heterocycles. The third kappa shape index (κ3) is 1.31. The number of rotatable bonds is 5. The van der Waals surface area contributed by atoms with Crippen LogP contribution >= 0.6 is 0 Å². The molecule has 1 fully saturated rings. The van der Waals surface area contributed by atoms with Gasteiger partial charge in [-0.15, -0.1) is 0 Å². The maximum atomic E-state index is 9.39. The molecule has 1 saturated carbocycles. The molecule has 80 valence electrons. The third-order valence-corrected chi connectivity index (χ3v) is 3.40. The Morgan fingerprint density at radius 3 is 2.36 bits per heavy atom. The van der Waals surface area contributed by atoms with E-state index in [9.17, 15) is 5.11 Å². The fourth-order valence-corrected chi connectivity index (χ4v) is 2.16. The lowest BCUT2D eigenvalue weighted by Gasteiger charge is -2.34. The van der Waals surface area contributed by atoms with E-state index in [1.54, 1.807) is 12.5 Å². The number of aliphatic hydroxyl groups excluding tert-OH is 1. The minimum atomic E-state index is -0.558. The second-order valence-corrected chi connectivity index (χ2v) is 4.30. The van der Waals surface area contributed by atoms with Gasteiger partial charge in [-0.2, -0.15) is 0 Å². The van der Waals surface area contributed by atoms with Crippen LogP contribution in [0, 0.1) is 5.41 Å². The normalized spacial score (nSPS) is 25.6. The monoisotopic (exact) mass is 198 g/mol. The van der Waals surface area contributed by atoms with Crippen LogP contribution in [0.4, 0.5) is 0 Å². The van der Waals surface area contributed by atoms with Crippen LogP contribution in [0.1, 0.15) is 39.0 Å². The zero-order valence-electron chi connectivity index (χ0n) is 8.66. The molecule has 0 aromatic rings. The molecule has 0 aromatic heterocycles. The Kier molecular flexibility index (Phi) is 2.43. The molecule has 1 N–H and O–H groups in total. The van der Waals surface area contributed by atoms with Crippen LogP contribution in [0.2, 0.25) is 0 Å². The number of ether oxygens (including phenoxy) is 2. The van der Waals surface area contributed by atoms with Crippen molar-refractivity contribution in [3.8, 4) is 0 Å². The van der Waals surface area contributed by atoms with Gasteiger partial charge in [0.25, 0.3) is 5.79 Å². The summed E-state index contributed by atoms with van der Waals surface area (Å²) < 4.78 is 11.2. The van der Waals surface area contributed by atoms with Crippen molar-refractivity contribution in [3.63, 3.8) is 0 Å². The summed E-state index contributed by atoms with van der Waals surface area (Å²) in [6.07, 6.45) is 8.29. The van der Waals surface area contributed by atoms with Gasteiger partial charge in [0.15, 0.2) is 0 Å². The largest absolute Gasteiger partial charge is 0.456 e. The number of unbranched alkanes of at least 4 members (excludes halogenated alkanes) is 1. The van der Waals surface area contributed by atoms with Gasteiger partial charge in [0.1, 0.15) is 12.5 Å². The summed E-state index contributed by atoms with van der Waals surface area (Å²) in [7, 11) is 0. The van der Waals surface area contributed by atoms with E-state index in [0.717, 1.165) is 32.1 Å². The van der Waals surface area contributed by atoms with E-state index in [1.807, 2.05) is 0 Å². The van der Waals surface area contributed by atoms with Crippen LogP contribution in [0.5, 0.6) is 0 Å². The van der Waals surface area contributed by atoms with Crippen LogP contribution in [0.25, 0.3) is 0 Å². The highest BCUT2D eigenvalue weighted by molar-refractivity contribution is 5.07. The first-order chi connectivity index (χ1) is 6.79. The molecule has 0 spiro atoms. The Balaban J connectivity index is 2.06. The molecule has 0 atom stereocenters. The van der Waals surface area contributed by atoms with E-state index >= 15 is 0 Å². The average molecular weight is 198 g/mol. The van der Waals surface area contributed by atoms with Crippen molar-refractivity contribution in [2.75, 3.05) is 6.61 Å². The molecule has 1 aliphatic heterocycles. The Morgan fingerprint density at radius 2 is 1.93 bits per heavy atom. The van der Waals surface area contributed by atoms with Gasteiger partial charge in [0.2, 0.25) is 0 Å². The zero-order chi connectivity index (χ0) is 10.1. The standard InChI is InChI=1S/C11H18O3/c1-2-3-4-11(13-7-8-14-11)10(9-12)5-6-10/h7-8,12H,2-6,9H2,1H3. The van der Waals surface area contributed by atoms with Gasteiger partial charge in [0, 0.05) is 6.42 Å². The van der Waals surface area contributed by atoms with Gasteiger partial charge in [-0.1, -0.05) is 13.3 Å². The van der Waals surface area contributed by atoms with Crippen LogP contribution in [-0.2, 0) is 9.47 Å². The first-order valence-corrected chi connectivity index (χ1v) is 5.40. The highest BCUT2D eigenvalue weighted by Gasteiger charge is 2.63. The predicted octanol–water partition coefficient (Wildman–Crippen LogP) is 2.16. The maximum Gasteiger partial charge on any atom is 0.257 e. The Labute approximate surface area is 84.7 Å². The van der Waals surface area contributed by atoms with Gasteiger partial charge < -0.3 is 14.6 Å². The zero-order valence-corrected chi connectivity index (χ0v) is 8.66. The molecular formula is C11H18O3. The molecule has 0 unspecified atom stereocenters. The van der Waals surface area contributed by atoms with Gasteiger partial charge >= 0.3 is 0 Å². The number of hydrogen-bond donors (Lipinski definition) is 1. The van der Waals surface area contributed by atoms with Crippen molar-refractivity contribution in [3.05, 3.63) is 12.5 Å². The minimum absolute atomic E-state index is 0.133. The lowest BCUT2D eigenvalue weighted by atomic mass is 9.91. The first-order valence-electron chi connectivity index (χ1n) is 5.40. The van der Waals surface area contributed by atoms with Crippen molar-refractivity contribution in [1.29, 1.82) is 0 Å². The first kappa shape index (κ1) is 9.84. The maximum absolute atomic E-state index is 9.39. The minimum Gasteiger partial charge on any atom is -0.456 e. The summed E-state index contributed by atoms with van der Waals surface area (Å²) in [5.41, 5.74) is -0.133. The second kappa shape index (κ2) is 3.46. The van der Waals surface area contributed by atoms with Crippen molar-refractivity contribution < 1.29 is 14.6 Å². The SMILES string of the molecule is CCCCC1(C2(CO)CC2)OC=CO1. The van der Waals surface area contributed by atoms with E-state index < -0.39 is 5.79 Å². The topological polar surface area (TPSA) is 38.7 Å². The molecule has 2 aliphatic rings. The summed E-state index contributed by atoms with van der Waals surface area (Å²) in [6.45, 7) is 2.31. The van der Waals surface area contributed by atoms with Crippen LogP contribution < -0.4 is 0 Å². The fourth-order valence-electron chi connectivity index (χ4n) is 2.16. The lowest BCUT2D eigenvalue weighted by molar-refractivity contribution is -0.207. The molecule has 0 aromatic carbocycles. The van der Waals surface area contributed by atoms with E-state index in [-0.39, 0.29) is 12.0 Å². The second-order valence-electron chi connectivity index (χ2n) is 4.30. The summed E-state index contributed by atoms with van der Waals surface area (Å²) >= 11 is 0. The fraction of sp³-hybridized carbons (Fsp3) is 0.818. The van der Waals surface area contributed by atoms with Gasteiger partial charge in [-0.05, 0) is 19.3 Å².